The molecule has 6 nitrogen and oxygen atoms in total. The predicted molar refractivity (Wildman–Crippen MR) is 57.8 cm³/mol. The largest absolute Gasteiger partial charge is 0.373 e. The molecule has 7 heteroatoms. The number of hydrazine groups is 1. The molecule has 1 aromatic heterocycles. The van der Waals surface area contributed by atoms with Gasteiger partial charge < -0.3 is 5.32 Å². The third-order valence-corrected chi connectivity index (χ3v) is 3.08. The normalized spacial score (nSPS) is 11.7. The summed E-state index contributed by atoms with van der Waals surface area (Å²) in [7, 11) is 1.40. The highest BCUT2D eigenvalue weighted by Crippen LogP contribution is 2.11. The number of anilines is 1. The molecule has 0 bridgehead atoms. The molecule has 0 saturated carbocycles. The van der Waals surface area contributed by atoms with Crippen molar-refractivity contribution in [2.75, 3.05) is 26.5 Å². The van der Waals surface area contributed by atoms with Crippen molar-refractivity contribution in [3.05, 3.63) is 18.3 Å². The first kappa shape index (κ1) is 11.9. The fourth-order valence-corrected chi connectivity index (χ4v) is 2.10. The highest BCUT2D eigenvalue weighted by Gasteiger charge is 2.14. The molecular weight excluding hydrogens is 216 g/mol. The van der Waals surface area contributed by atoms with Crippen LogP contribution in [0.2, 0.25) is 0 Å². The van der Waals surface area contributed by atoms with Crippen molar-refractivity contribution in [1.29, 1.82) is 0 Å². The first-order valence-corrected chi connectivity index (χ1v) is 5.77. The molecule has 84 valence electrons. The average molecular weight is 230 g/mol. The van der Waals surface area contributed by atoms with E-state index in [1.165, 1.54) is 23.3 Å². The van der Waals surface area contributed by atoms with E-state index in [1.54, 1.807) is 21.1 Å². The van der Waals surface area contributed by atoms with Crippen LogP contribution >= 0.6 is 0 Å². The average Bonchev–Trinajstić information content (AvgIpc) is 2.16. The van der Waals surface area contributed by atoms with Crippen LogP contribution < -0.4 is 10.1 Å². The third-order valence-electron chi connectivity index (χ3n) is 1.60. The lowest BCUT2D eigenvalue weighted by atomic mass is 10.5. The number of aromatic nitrogens is 1. The van der Waals surface area contributed by atoms with Gasteiger partial charge in [-0.3, -0.25) is 0 Å². The summed E-state index contributed by atoms with van der Waals surface area (Å²) in [6.45, 7) is 0. The lowest BCUT2D eigenvalue weighted by molar-refractivity contribution is 0.364. The summed E-state index contributed by atoms with van der Waals surface area (Å²) in [5, 5.41) is 4.15. The molecule has 0 aliphatic heterocycles. The Kier molecular flexibility index (Phi) is 3.61. The molecule has 0 unspecified atom stereocenters. The van der Waals surface area contributed by atoms with Crippen molar-refractivity contribution >= 4 is 15.8 Å². The van der Waals surface area contributed by atoms with E-state index in [9.17, 15) is 8.42 Å². The monoisotopic (exact) mass is 230 g/mol. The van der Waals surface area contributed by atoms with Gasteiger partial charge in [0.05, 0.1) is 4.90 Å². The first-order valence-electron chi connectivity index (χ1n) is 4.29. The van der Waals surface area contributed by atoms with Gasteiger partial charge in [-0.2, -0.15) is 0 Å². The molecule has 0 amide bonds. The van der Waals surface area contributed by atoms with E-state index in [2.05, 4.69) is 15.1 Å². The third kappa shape index (κ3) is 3.15. The van der Waals surface area contributed by atoms with Crippen LogP contribution in [0.25, 0.3) is 0 Å². The van der Waals surface area contributed by atoms with E-state index in [-0.39, 0.29) is 4.90 Å². The lowest BCUT2D eigenvalue weighted by Gasteiger charge is -2.12. The number of nitrogens with one attached hydrogen (secondary N) is 2. The number of nitrogens with zero attached hydrogens (tertiary/aromatic N) is 2. The first-order chi connectivity index (χ1) is 6.95. The molecule has 0 fully saturated rings. The minimum absolute atomic E-state index is 0.176. The molecule has 0 atom stereocenters. The molecule has 0 aromatic carbocycles. The zero-order valence-corrected chi connectivity index (χ0v) is 9.67. The summed E-state index contributed by atoms with van der Waals surface area (Å²) in [6.07, 6.45) is 1.44. The van der Waals surface area contributed by atoms with Gasteiger partial charge in [-0.25, -0.2) is 18.4 Å². The molecule has 1 aromatic rings. The van der Waals surface area contributed by atoms with Crippen LogP contribution in [0.5, 0.6) is 0 Å². The number of hydrogen-bond donors (Lipinski definition) is 2. The maximum absolute atomic E-state index is 11.7. The van der Waals surface area contributed by atoms with Crippen LogP contribution in [0.4, 0.5) is 5.82 Å². The topological polar surface area (TPSA) is 74.3 Å². The summed E-state index contributed by atoms with van der Waals surface area (Å²) < 4.78 is 23.4. The zero-order valence-electron chi connectivity index (χ0n) is 8.85. The molecule has 1 rings (SSSR count). The van der Waals surface area contributed by atoms with Crippen LogP contribution in [0.15, 0.2) is 23.2 Å². The van der Waals surface area contributed by atoms with E-state index < -0.39 is 10.0 Å². The van der Waals surface area contributed by atoms with Crippen LogP contribution in [0.3, 0.4) is 0 Å². The van der Waals surface area contributed by atoms with Crippen molar-refractivity contribution in [1.82, 2.24) is 14.8 Å². The summed E-state index contributed by atoms with van der Waals surface area (Å²) in [5.41, 5.74) is 0. The van der Waals surface area contributed by atoms with E-state index in [4.69, 9.17) is 0 Å². The van der Waals surface area contributed by atoms with Gasteiger partial charge in [-0.05, 0) is 6.07 Å². The smallest absolute Gasteiger partial charge is 0.253 e. The van der Waals surface area contributed by atoms with Crippen molar-refractivity contribution in [3.8, 4) is 0 Å². The molecule has 0 spiro atoms. The zero-order chi connectivity index (χ0) is 11.5. The fraction of sp³-hybridized carbons (Fsp3) is 0.375. The quantitative estimate of drug-likeness (QED) is 0.705. The Morgan fingerprint density at radius 1 is 1.40 bits per heavy atom. The summed E-state index contributed by atoms with van der Waals surface area (Å²) in [5.74, 6) is 0.511. The number of pyridine rings is 1. The SMILES string of the molecule is CNc1cc(S(=O)(=O)NN(C)C)ccn1. The fourth-order valence-electron chi connectivity index (χ4n) is 1.01. The Balaban J connectivity index is 3.04. The van der Waals surface area contributed by atoms with Crippen molar-refractivity contribution in [2.45, 2.75) is 4.90 Å². The van der Waals surface area contributed by atoms with Crippen LogP contribution in [-0.4, -0.2) is 39.6 Å². The van der Waals surface area contributed by atoms with Gasteiger partial charge in [-0.15, -0.1) is 4.83 Å². The van der Waals surface area contributed by atoms with Crippen molar-refractivity contribution < 1.29 is 8.42 Å². The van der Waals surface area contributed by atoms with Gasteiger partial charge in [0.15, 0.2) is 0 Å². The van der Waals surface area contributed by atoms with E-state index in [1.807, 2.05) is 0 Å². The molecule has 2 N–H and O–H groups in total. The maximum Gasteiger partial charge on any atom is 0.253 e. The van der Waals surface area contributed by atoms with Gasteiger partial charge in [-0.1, -0.05) is 0 Å². The highest BCUT2D eigenvalue weighted by molar-refractivity contribution is 7.89. The number of rotatable bonds is 4. The molecule has 0 aliphatic carbocycles. The summed E-state index contributed by atoms with van der Waals surface area (Å²) >= 11 is 0. The molecule has 0 saturated heterocycles. The second-order valence-electron chi connectivity index (χ2n) is 3.12. The van der Waals surface area contributed by atoms with E-state index in [0.717, 1.165) is 0 Å². The number of hydrogen-bond acceptors (Lipinski definition) is 5. The van der Waals surface area contributed by atoms with Gasteiger partial charge in [0, 0.05) is 33.4 Å². The van der Waals surface area contributed by atoms with Crippen molar-refractivity contribution in [2.24, 2.45) is 0 Å². The van der Waals surface area contributed by atoms with Gasteiger partial charge in [0.2, 0.25) is 0 Å². The van der Waals surface area contributed by atoms with Crippen LogP contribution in [-0.2, 0) is 10.0 Å². The van der Waals surface area contributed by atoms with Crippen LogP contribution in [0, 0.1) is 0 Å². The molecule has 1 heterocycles. The number of sulfonamides is 1. The molecular formula is C8H14N4O2S. The van der Waals surface area contributed by atoms with Crippen molar-refractivity contribution in [3.63, 3.8) is 0 Å². The van der Waals surface area contributed by atoms with E-state index >= 15 is 0 Å². The Morgan fingerprint density at radius 3 is 2.60 bits per heavy atom. The Hall–Kier alpha value is -1.18. The highest BCUT2D eigenvalue weighted by atomic mass is 32.2. The lowest BCUT2D eigenvalue weighted by Crippen LogP contribution is -2.36. The summed E-state index contributed by atoms with van der Waals surface area (Å²) in [4.78, 5) is 6.45. The van der Waals surface area contributed by atoms with Gasteiger partial charge in [0.25, 0.3) is 10.0 Å². The van der Waals surface area contributed by atoms with Gasteiger partial charge >= 0.3 is 0 Å². The molecule has 15 heavy (non-hydrogen) atoms. The maximum atomic E-state index is 11.7. The molecule has 0 radical (unpaired) electrons. The standard InChI is InChI=1S/C8H14N4O2S/c1-9-8-6-7(4-5-10-8)15(13,14)11-12(2)3/h4-6,11H,1-3H3,(H,9,10). The minimum Gasteiger partial charge on any atom is -0.373 e. The summed E-state index contributed by atoms with van der Waals surface area (Å²) in [6, 6.07) is 2.90. The van der Waals surface area contributed by atoms with E-state index in [0.29, 0.717) is 5.82 Å². The predicted octanol–water partition coefficient (Wildman–Crippen LogP) is -0.122. The Morgan fingerprint density at radius 2 is 2.07 bits per heavy atom. The van der Waals surface area contributed by atoms with Crippen LogP contribution in [0.1, 0.15) is 0 Å². The second-order valence-corrected chi connectivity index (χ2v) is 4.78. The Bertz CT molecular complexity index is 430. The Labute approximate surface area is 89.3 Å². The molecule has 0 aliphatic rings. The second kappa shape index (κ2) is 4.56. The minimum atomic E-state index is -3.50. The van der Waals surface area contributed by atoms with Gasteiger partial charge in [0.1, 0.15) is 5.82 Å².